The average Bonchev–Trinajstić information content (AvgIpc) is 3.30. The lowest BCUT2D eigenvalue weighted by Crippen LogP contribution is -2.30. The Balaban J connectivity index is 1.40. The number of hydrogen-bond acceptors (Lipinski definition) is 7. The van der Waals surface area contributed by atoms with Crippen LogP contribution in [0.2, 0.25) is 0 Å². The molecule has 2 heterocycles. The van der Waals surface area contributed by atoms with Crippen LogP contribution in [0.15, 0.2) is 64.7 Å². The second-order valence-electron chi connectivity index (χ2n) is 7.54. The maximum absolute atomic E-state index is 12.7. The number of nitrogens with one attached hydrogen (secondary N) is 1. The standard InChI is InChI=1S/C24H25N5O4S/c1-28(12-11-16-9-10-19(32-2)20(13-16)33-3)21(30)15-34-24-26-22-18(23(31)27-24)14-25-29(22)17-7-5-4-6-8-17/h4-10,13-14H,11-12,15H2,1-3H3,(H,26,27,31). The summed E-state index contributed by atoms with van der Waals surface area (Å²) >= 11 is 1.19. The van der Waals surface area contributed by atoms with Crippen molar-refractivity contribution in [3.05, 3.63) is 70.6 Å². The Morgan fingerprint density at radius 3 is 2.62 bits per heavy atom. The van der Waals surface area contributed by atoms with Crippen LogP contribution in [0, 0.1) is 0 Å². The molecule has 0 fully saturated rings. The third-order valence-electron chi connectivity index (χ3n) is 5.36. The van der Waals surface area contributed by atoms with Crippen LogP contribution in [0.5, 0.6) is 11.5 Å². The van der Waals surface area contributed by atoms with Crippen molar-refractivity contribution in [1.82, 2.24) is 24.6 Å². The number of rotatable bonds is 9. The van der Waals surface area contributed by atoms with Crippen molar-refractivity contribution in [3.8, 4) is 17.2 Å². The third-order valence-corrected chi connectivity index (χ3v) is 6.22. The summed E-state index contributed by atoms with van der Waals surface area (Å²) in [5, 5.41) is 5.07. The molecule has 4 aromatic rings. The molecule has 4 rings (SSSR count). The van der Waals surface area contributed by atoms with E-state index >= 15 is 0 Å². The number of thioether (sulfide) groups is 1. The SMILES string of the molecule is COc1ccc(CCN(C)C(=O)CSc2nc3c(cnn3-c3ccccc3)c(=O)[nH]2)cc1OC. The molecule has 0 saturated heterocycles. The number of para-hydroxylation sites is 1. The maximum Gasteiger partial charge on any atom is 0.262 e. The Morgan fingerprint density at radius 1 is 1.12 bits per heavy atom. The van der Waals surface area contributed by atoms with Gasteiger partial charge in [-0.3, -0.25) is 9.59 Å². The van der Waals surface area contributed by atoms with E-state index in [1.807, 2.05) is 48.5 Å². The van der Waals surface area contributed by atoms with E-state index in [0.29, 0.717) is 40.7 Å². The first kappa shape index (κ1) is 23.4. The van der Waals surface area contributed by atoms with Crippen LogP contribution in [0.25, 0.3) is 16.7 Å². The van der Waals surface area contributed by atoms with Gasteiger partial charge in [0, 0.05) is 13.6 Å². The van der Waals surface area contributed by atoms with Crippen molar-refractivity contribution in [3.63, 3.8) is 0 Å². The number of carbonyl (C=O) groups is 1. The second-order valence-corrected chi connectivity index (χ2v) is 8.51. The molecule has 10 heteroatoms. The molecule has 0 aliphatic rings. The molecule has 0 unspecified atom stereocenters. The first-order valence-corrected chi connectivity index (χ1v) is 11.6. The van der Waals surface area contributed by atoms with E-state index in [9.17, 15) is 9.59 Å². The van der Waals surface area contributed by atoms with E-state index in [1.54, 1.807) is 30.8 Å². The van der Waals surface area contributed by atoms with E-state index in [-0.39, 0.29) is 17.2 Å². The average molecular weight is 480 g/mol. The minimum Gasteiger partial charge on any atom is -0.493 e. The smallest absolute Gasteiger partial charge is 0.262 e. The van der Waals surface area contributed by atoms with Crippen LogP contribution >= 0.6 is 11.8 Å². The van der Waals surface area contributed by atoms with Gasteiger partial charge in [0.25, 0.3) is 5.56 Å². The number of amides is 1. The highest BCUT2D eigenvalue weighted by atomic mass is 32.2. The maximum atomic E-state index is 12.7. The fraction of sp³-hybridized carbons (Fsp3) is 0.250. The normalized spacial score (nSPS) is 10.9. The fourth-order valence-corrected chi connectivity index (χ4v) is 4.22. The predicted molar refractivity (Wildman–Crippen MR) is 131 cm³/mol. The van der Waals surface area contributed by atoms with Crippen molar-refractivity contribution < 1.29 is 14.3 Å². The molecule has 34 heavy (non-hydrogen) atoms. The molecule has 1 amide bonds. The van der Waals surface area contributed by atoms with Crippen molar-refractivity contribution in [2.24, 2.45) is 0 Å². The molecule has 0 atom stereocenters. The zero-order valence-corrected chi connectivity index (χ0v) is 20.0. The van der Waals surface area contributed by atoms with Gasteiger partial charge in [0.05, 0.1) is 31.9 Å². The lowest BCUT2D eigenvalue weighted by molar-refractivity contribution is -0.127. The van der Waals surface area contributed by atoms with Crippen molar-refractivity contribution in [1.29, 1.82) is 0 Å². The second kappa shape index (κ2) is 10.4. The molecule has 0 bridgehead atoms. The Morgan fingerprint density at radius 2 is 1.88 bits per heavy atom. The van der Waals surface area contributed by atoms with Gasteiger partial charge in [-0.2, -0.15) is 5.10 Å². The first-order chi connectivity index (χ1) is 16.5. The zero-order chi connectivity index (χ0) is 24.1. The minimum absolute atomic E-state index is 0.0650. The molecule has 0 aliphatic heterocycles. The van der Waals surface area contributed by atoms with Crippen LogP contribution < -0.4 is 15.0 Å². The molecule has 0 spiro atoms. The summed E-state index contributed by atoms with van der Waals surface area (Å²) in [6.45, 7) is 0.540. The summed E-state index contributed by atoms with van der Waals surface area (Å²) in [5.41, 5.74) is 2.00. The van der Waals surface area contributed by atoms with Gasteiger partial charge < -0.3 is 19.4 Å². The number of aromatic nitrogens is 4. The summed E-state index contributed by atoms with van der Waals surface area (Å²) in [4.78, 5) is 34.1. The van der Waals surface area contributed by atoms with E-state index < -0.39 is 0 Å². The number of hydrogen-bond donors (Lipinski definition) is 1. The predicted octanol–water partition coefficient (Wildman–Crippen LogP) is 2.92. The van der Waals surface area contributed by atoms with Crippen molar-refractivity contribution in [2.75, 3.05) is 33.6 Å². The highest BCUT2D eigenvalue weighted by Gasteiger charge is 2.15. The number of benzene rings is 2. The van der Waals surface area contributed by atoms with E-state index in [0.717, 1.165) is 11.3 Å². The molecule has 2 aromatic heterocycles. The summed E-state index contributed by atoms with van der Waals surface area (Å²) < 4.78 is 12.2. The molecule has 0 aliphatic carbocycles. The summed E-state index contributed by atoms with van der Waals surface area (Å²) in [6.07, 6.45) is 2.17. The molecule has 176 valence electrons. The molecule has 0 radical (unpaired) electrons. The van der Waals surface area contributed by atoms with Crippen molar-refractivity contribution >= 4 is 28.7 Å². The Labute approximate surface area is 200 Å². The van der Waals surface area contributed by atoms with Gasteiger partial charge in [0.1, 0.15) is 5.39 Å². The number of nitrogens with zero attached hydrogens (tertiary/aromatic N) is 4. The fourth-order valence-electron chi connectivity index (χ4n) is 3.42. The van der Waals surface area contributed by atoms with E-state index in [1.165, 1.54) is 18.0 Å². The summed E-state index contributed by atoms with van der Waals surface area (Å²) in [5.74, 6) is 1.41. The number of aromatic amines is 1. The molecule has 2 aromatic carbocycles. The number of ether oxygens (including phenoxy) is 2. The quantitative estimate of drug-likeness (QED) is 0.291. The zero-order valence-electron chi connectivity index (χ0n) is 19.1. The Kier molecular flexibility index (Phi) is 7.17. The number of likely N-dealkylation sites (N-methyl/N-ethyl adjacent to an activating group) is 1. The highest BCUT2D eigenvalue weighted by Crippen LogP contribution is 2.27. The van der Waals surface area contributed by atoms with E-state index in [2.05, 4.69) is 15.1 Å². The van der Waals surface area contributed by atoms with Crippen LogP contribution in [0.3, 0.4) is 0 Å². The van der Waals surface area contributed by atoms with Gasteiger partial charge >= 0.3 is 0 Å². The minimum atomic E-state index is -0.288. The number of fused-ring (bicyclic) bond motifs is 1. The number of H-pyrrole nitrogens is 1. The van der Waals surface area contributed by atoms with Crippen LogP contribution in [0.4, 0.5) is 0 Å². The van der Waals surface area contributed by atoms with Crippen LogP contribution in [-0.4, -0.2) is 64.1 Å². The Hall–Kier alpha value is -3.79. The lowest BCUT2D eigenvalue weighted by atomic mass is 10.1. The first-order valence-electron chi connectivity index (χ1n) is 10.6. The third kappa shape index (κ3) is 5.07. The van der Waals surface area contributed by atoms with Crippen molar-refractivity contribution in [2.45, 2.75) is 11.6 Å². The van der Waals surface area contributed by atoms with Crippen LogP contribution in [-0.2, 0) is 11.2 Å². The lowest BCUT2D eigenvalue weighted by Gasteiger charge is -2.17. The van der Waals surface area contributed by atoms with Gasteiger partial charge in [-0.1, -0.05) is 36.0 Å². The topological polar surface area (TPSA) is 102 Å². The molecular formula is C24H25N5O4S. The number of methoxy groups -OCH3 is 2. The van der Waals surface area contributed by atoms with Gasteiger partial charge in [-0.25, -0.2) is 9.67 Å². The highest BCUT2D eigenvalue weighted by molar-refractivity contribution is 7.99. The van der Waals surface area contributed by atoms with Gasteiger partial charge in [0.2, 0.25) is 5.91 Å². The molecular weight excluding hydrogens is 454 g/mol. The van der Waals surface area contributed by atoms with Gasteiger partial charge in [-0.05, 0) is 36.2 Å². The number of carbonyl (C=O) groups excluding carboxylic acids is 1. The monoisotopic (exact) mass is 479 g/mol. The van der Waals surface area contributed by atoms with E-state index in [4.69, 9.17) is 9.47 Å². The van der Waals surface area contributed by atoms with Gasteiger partial charge in [-0.15, -0.1) is 0 Å². The molecule has 9 nitrogen and oxygen atoms in total. The summed E-state index contributed by atoms with van der Waals surface area (Å²) in [6, 6.07) is 15.2. The van der Waals surface area contributed by atoms with Gasteiger partial charge in [0.15, 0.2) is 22.3 Å². The Bertz CT molecular complexity index is 1350. The summed E-state index contributed by atoms with van der Waals surface area (Å²) in [7, 11) is 4.95. The van der Waals surface area contributed by atoms with Crippen LogP contribution in [0.1, 0.15) is 5.56 Å². The largest absolute Gasteiger partial charge is 0.493 e. The molecule has 0 saturated carbocycles. The molecule has 1 N–H and O–H groups in total.